The van der Waals surface area contributed by atoms with E-state index in [1.54, 1.807) is 21.1 Å². The fourth-order valence-corrected chi connectivity index (χ4v) is 2.20. The third-order valence-electron chi connectivity index (χ3n) is 3.62. The zero-order valence-electron chi connectivity index (χ0n) is 14.5. The fraction of sp³-hybridized carbons (Fsp3) is 0.316. The molecule has 0 bridgehead atoms. The second-order valence-corrected chi connectivity index (χ2v) is 5.48. The molecule has 2 aromatic rings. The predicted molar refractivity (Wildman–Crippen MR) is 92.7 cm³/mol. The summed E-state index contributed by atoms with van der Waals surface area (Å²) >= 11 is 0. The van der Waals surface area contributed by atoms with Crippen LogP contribution in [0.15, 0.2) is 42.5 Å². The number of carbonyl (C=O) groups is 1. The Hall–Kier alpha value is -2.69. The molecule has 1 atom stereocenters. The van der Waals surface area contributed by atoms with Crippen LogP contribution >= 0.6 is 0 Å². The molecule has 5 nitrogen and oxygen atoms in total. The van der Waals surface area contributed by atoms with Crippen LogP contribution in [0.3, 0.4) is 0 Å². The van der Waals surface area contributed by atoms with Crippen LogP contribution in [0.2, 0.25) is 0 Å². The van der Waals surface area contributed by atoms with Gasteiger partial charge in [0.25, 0.3) is 5.91 Å². The lowest BCUT2D eigenvalue weighted by atomic mass is 10.2. The van der Waals surface area contributed by atoms with Gasteiger partial charge in [-0.1, -0.05) is 23.8 Å². The second-order valence-electron chi connectivity index (χ2n) is 5.48. The summed E-state index contributed by atoms with van der Waals surface area (Å²) in [6.45, 7) is 4.12. The van der Waals surface area contributed by atoms with Crippen LogP contribution in [0, 0.1) is 6.92 Å². The van der Waals surface area contributed by atoms with Gasteiger partial charge in [0.05, 0.1) is 14.2 Å². The number of ether oxygens (including phenoxy) is 3. The van der Waals surface area contributed by atoms with Gasteiger partial charge in [0.2, 0.25) is 0 Å². The van der Waals surface area contributed by atoms with E-state index >= 15 is 0 Å². The molecule has 0 saturated carbocycles. The minimum atomic E-state index is -0.576. The molecule has 0 heterocycles. The fourth-order valence-electron chi connectivity index (χ4n) is 2.20. The Morgan fingerprint density at radius 2 is 1.71 bits per heavy atom. The maximum Gasteiger partial charge on any atom is 0.261 e. The number of nitrogens with one attached hydrogen (secondary N) is 1. The lowest BCUT2D eigenvalue weighted by Gasteiger charge is -2.15. The number of rotatable bonds is 7. The van der Waals surface area contributed by atoms with Crippen molar-refractivity contribution >= 4 is 5.91 Å². The van der Waals surface area contributed by atoms with E-state index in [9.17, 15) is 4.79 Å². The quantitative estimate of drug-likeness (QED) is 0.848. The van der Waals surface area contributed by atoms with Crippen LogP contribution in [-0.4, -0.2) is 26.2 Å². The van der Waals surface area contributed by atoms with Crippen molar-refractivity contribution in [1.82, 2.24) is 5.32 Å². The number of aryl methyl sites for hydroxylation is 1. The maximum absolute atomic E-state index is 12.2. The predicted octanol–water partition coefficient (Wildman–Crippen LogP) is 3.10. The van der Waals surface area contributed by atoms with E-state index < -0.39 is 6.10 Å². The Morgan fingerprint density at radius 3 is 2.33 bits per heavy atom. The molecule has 128 valence electrons. The van der Waals surface area contributed by atoms with E-state index in [1.165, 1.54) is 0 Å². The molecule has 0 aliphatic rings. The first-order valence-corrected chi connectivity index (χ1v) is 7.75. The van der Waals surface area contributed by atoms with Crippen LogP contribution < -0.4 is 19.5 Å². The molecule has 0 aliphatic carbocycles. The van der Waals surface area contributed by atoms with E-state index in [1.807, 2.05) is 49.4 Å². The monoisotopic (exact) mass is 329 g/mol. The zero-order valence-corrected chi connectivity index (χ0v) is 14.5. The first-order valence-electron chi connectivity index (χ1n) is 7.75. The van der Waals surface area contributed by atoms with E-state index in [-0.39, 0.29) is 5.91 Å². The summed E-state index contributed by atoms with van der Waals surface area (Å²) in [5.74, 6) is 1.79. The van der Waals surface area contributed by atoms with Crippen LogP contribution in [-0.2, 0) is 11.3 Å². The molecule has 5 heteroatoms. The Kier molecular flexibility index (Phi) is 6.07. The van der Waals surface area contributed by atoms with Crippen molar-refractivity contribution in [2.75, 3.05) is 14.2 Å². The van der Waals surface area contributed by atoms with Crippen molar-refractivity contribution in [2.24, 2.45) is 0 Å². The van der Waals surface area contributed by atoms with E-state index in [0.717, 1.165) is 11.1 Å². The third-order valence-corrected chi connectivity index (χ3v) is 3.62. The Balaban J connectivity index is 1.91. The summed E-state index contributed by atoms with van der Waals surface area (Å²) in [4.78, 5) is 12.2. The minimum absolute atomic E-state index is 0.176. The highest BCUT2D eigenvalue weighted by Gasteiger charge is 2.14. The number of amides is 1. The second kappa shape index (κ2) is 8.24. The van der Waals surface area contributed by atoms with Gasteiger partial charge in [0.1, 0.15) is 5.75 Å². The summed E-state index contributed by atoms with van der Waals surface area (Å²) in [6.07, 6.45) is -0.576. The first-order chi connectivity index (χ1) is 11.5. The van der Waals surface area contributed by atoms with E-state index in [2.05, 4.69) is 5.32 Å². The lowest BCUT2D eigenvalue weighted by Crippen LogP contribution is -2.35. The normalized spacial score (nSPS) is 11.5. The highest BCUT2D eigenvalue weighted by molar-refractivity contribution is 5.80. The van der Waals surface area contributed by atoms with Crippen molar-refractivity contribution in [2.45, 2.75) is 26.5 Å². The molecular formula is C19H23NO4. The highest BCUT2D eigenvalue weighted by Crippen LogP contribution is 2.27. The van der Waals surface area contributed by atoms with Gasteiger partial charge in [-0.25, -0.2) is 0 Å². The molecule has 2 rings (SSSR count). The SMILES string of the molecule is COc1ccc(CNC(=O)[C@H](C)Oc2ccc(C)cc2)cc1OC. The smallest absolute Gasteiger partial charge is 0.261 e. The van der Waals surface area contributed by atoms with Gasteiger partial charge in [0, 0.05) is 6.54 Å². The summed E-state index contributed by atoms with van der Waals surface area (Å²) in [7, 11) is 3.17. The third kappa shape index (κ3) is 4.65. The number of methoxy groups -OCH3 is 2. The van der Waals surface area contributed by atoms with Gasteiger partial charge in [-0.05, 0) is 43.7 Å². The number of hydrogen-bond acceptors (Lipinski definition) is 4. The molecule has 0 aliphatic heterocycles. The Labute approximate surface area is 142 Å². The van der Waals surface area contributed by atoms with Crippen molar-refractivity contribution in [3.63, 3.8) is 0 Å². The largest absolute Gasteiger partial charge is 0.493 e. The van der Waals surface area contributed by atoms with Crippen molar-refractivity contribution in [1.29, 1.82) is 0 Å². The maximum atomic E-state index is 12.2. The Morgan fingerprint density at radius 1 is 1.04 bits per heavy atom. The number of carbonyl (C=O) groups excluding carboxylic acids is 1. The Bertz CT molecular complexity index is 682. The molecular weight excluding hydrogens is 306 g/mol. The summed E-state index contributed by atoms with van der Waals surface area (Å²) in [5, 5.41) is 2.86. The molecule has 1 amide bonds. The average molecular weight is 329 g/mol. The lowest BCUT2D eigenvalue weighted by molar-refractivity contribution is -0.127. The molecule has 0 fully saturated rings. The van der Waals surface area contributed by atoms with Crippen molar-refractivity contribution in [3.05, 3.63) is 53.6 Å². The minimum Gasteiger partial charge on any atom is -0.493 e. The molecule has 0 spiro atoms. The van der Waals surface area contributed by atoms with Crippen molar-refractivity contribution < 1.29 is 19.0 Å². The van der Waals surface area contributed by atoms with Crippen molar-refractivity contribution in [3.8, 4) is 17.2 Å². The van der Waals surface area contributed by atoms with Gasteiger partial charge in [-0.15, -0.1) is 0 Å². The molecule has 1 N–H and O–H groups in total. The number of benzene rings is 2. The topological polar surface area (TPSA) is 56.8 Å². The standard InChI is InChI=1S/C19H23NO4/c1-13-5-8-16(9-6-13)24-14(2)19(21)20-12-15-7-10-17(22-3)18(11-15)23-4/h5-11,14H,12H2,1-4H3,(H,20,21)/t14-/m0/s1. The van der Waals surface area contributed by atoms with Crippen LogP contribution in [0.25, 0.3) is 0 Å². The molecule has 2 aromatic carbocycles. The van der Waals surface area contributed by atoms with Gasteiger partial charge < -0.3 is 19.5 Å². The van der Waals surface area contributed by atoms with Gasteiger partial charge in [0.15, 0.2) is 17.6 Å². The van der Waals surface area contributed by atoms with Gasteiger partial charge in [-0.3, -0.25) is 4.79 Å². The number of hydrogen-bond donors (Lipinski definition) is 1. The molecule has 0 aromatic heterocycles. The van der Waals surface area contributed by atoms with Gasteiger partial charge >= 0.3 is 0 Å². The molecule has 24 heavy (non-hydrogen) atoms. The molecule has 0 unspecified atom stereocenters. The van der Waals surface area contributed by atoms with E-state index in [4.69, 9.17) is 14.2 Å². The molecule has 0 saturated heterocycles. The highest BCUT2D eigenvalue weighted by atomic mass is 16.5. The van der Waals surface area contributed by atoms with Gasteiger partial charge in [-0.2, -0.15) is 0 Å². The summed E-state index contributed by atoms with van der Waals surface area (Å²) < 4.78 is 16.1. The van der Waals surface area contributed by atoms with Crippen LogP contribution in [0.5, 0.6) is 17.2 Å². The molecule has 0 radical (unpaired) electrons. The summed E-state index contributed by atoms with van der Waals surface area (Å²) in [6, 6.07) is 13.1. The van der Waals surface area contributed by atoms with E-state index in [0.29, 0.717) is 23.8 Å². The zero-order chi connectivity index (χ0) is 17.5. The average Bonchev–Trinajstić information content (AvgIpc) is 2.61. The van der Waals surface area contributed by atoms with Crippen LogP contribution in [0.4, 0.5) is 0 Å². The first kappa shape index (κ1) is 17.7. The van der Waals surface area contributed by atoms with Crippen LogP contribution in [0.1, 0.15) is 18.1 Å². The summed E-state index contributed by atoms with van der Waals surface area (Å²) in [5.41, 5.74) is 2.07.